The number of amides is 1. The first-order valence-corrected chi connectivity index (χ1v) is 5.80. The second kappa shape index (κ2) is 5.84. The van der Waals surface area contributed by atoms with Crippen molar-refractivity contribution in [3.63, 3.8) is 0 Å². The summed E-state index contributed by atoms with van der Waals surface area (Å²) < 4.78 is 0. The van der Waals surface area contributed by atoms with Crippen molar-refractivity contribution in [1.82, 2.24) is 0 Å². The van der Waals surface area contributed by atoms with Crippen LogP contribution in [0.2, 0.25) is 5.02 Å². The topological polar surface area (TPSA) is 92.4 Å². The van der Waals surface area contributed by atoms with Gasteiger partial charge in [-0.1, -0.05) is 25.4 Å². The predicted octanol–water partition coefficient (Wildman–Crippen LogP) is 1.96. The van der Waals surface area contributed by atoms with E-state index in [-0.39, 0.29) is 17.2 Å². The zero-order chi connectivity index (χ0) is 13.9. The van der Waals surface area contributed by atoms with E-state index >= 15 is 0 Å². The van der Waals surface area contributed by atoms with Crippen molar-refractivity contribution in [1.29, 1.82) is 0 Å². The quantitative estimate of drug-likeness (QED) is 0.780. The number of aromatic carboxylic acids is 1. The lowest BCUT2D eigenvalue weighted by atomic mass is 10.0. The first-order chi connectivity index (χ1) is 8.32. The Kier molecular flexibility index (Phi) is 4.69. The van der Waals surface area contributed by atoms with Crippen LogP contribution in [0.15, 0.2) is 18.2 Å². The molecule has 6 heteroatoms. The molecule has 1 amide bonds. The molecule has 0 saturated carbocycles. The van der Waals surface area contributed by atoms with E-state index in [9.17, 15) is 9.59 Å². The molecule has 1 atom stereocenters. The van der Waals surface area contributed by atoms with Gasteiger partial charge in [0.1, 0.15) is 0 Å². The third-order valence-corrected chi connectivity index (χ3v) is 2.73. The fraction of sp³-hybridized carbons (Fsp3) is 0.333. The van der Waals surface area contributed by atoms with Crippen LogP contribution in [-0.2, 0) is 4.79 Å². The van der Waals surface area contributed by atoms with Crippen molar-refractivity contribution in [2.45, 2.75) is 19.9 Å². The van der Waals surface area contributed by atoms with Gasteiger partial charge in [0.15, 0.2) is 0 Å². The van der Waals surface area contributed by atoms with E-state index in [0.29, 0.717) is 5.02 Å². The normalized spacial score (nSPS) is 12.3. The molecule has 0 heterocycles. The van der Waals surface area contributed by atoms with Crippen LogP contribution in [-0.4, -0.2) is 23.0 Å². The highest BCUT2D eigenvalue weighted by atomic mass is 35.5. The van der Waals surface area contributed by atoms with Crippen molar-refractivity contribution in [3.05, 3.63) is 28.8 Å². The third kappa shape index (κ3) is 3.45. The zero-order valence-corrected chi connectivity index (χ0v) is 10.9. The lowest BCUT2D eigenvalue weighted by molar-refractivity contribution is -0.118. The van der Waals surface area contributed by atoms with Gasteiger partial charge in [0.25, 0.3) is 0 Å². The van der Waals surface area contributed by atoms with Gasteiger partial charge in [-0.15, -0.1) is 0 Å². The van der Waals surface area contributed by atoms with Crippen molar-refractivity contribution in [2.24, 2.45) is 11.7 Å². The molecule has 0 aliphatic rings. The summed E-state index contributed by atoms with van der Waals surface area (Å²) in [6, 6.07) is 3.53. The molecule has 18 heavy (non-hydrogen) atoms. The Labute approximate surface area is 110 Å². The summed E-state index contributed by atoms with van der Waals surface area (Å²) >= 11 is 5.71. The number of benzene rings is 1. The number of halogens is 1. The molecule has 0 unspecified atom stereocenters. The van der Waals surface area contributed by atoms with Crippen LogP contribution in [0, 0.1) is 5.92 Å². The van der Waals surface area contributed by atoms with Gasteiger partial charge in [-0.2, -0.15) is 0 Å². The van der Waals surface area contributed by atoms with E-state index in [0.717, 1.165) is 0 Å². The lowest BCUT2D eigenvalue weighted by Crippen LogP contribution is -2.40. The Morgan fingerprint density at radius 1 is 1.39 bits per heavy atom. The highest BCUT2D eigenvalue weighted by molar-refractivity contribution is 6.31. The molecule has 0 radical (unpaired) electrons. The molecule has 1 aromatic carbocycles. The van der Waals surface area contributed by atoms with Gasteiger partial charge in [0.05, 0.1) is 17.3 Å². The number of anilines is 1. The van der Waals surface area contributed by atoms with Crippen LogP contribution in [0.4, 0.5) is 5.69 Å². The van der Waals surface area contributed by atoms with E-state index in [1.807, 2.05) is 13.8 Å². The number of rotatable bonds is 4. The Bertz CT molecular complexity index is 474. The van der Waals surface area contributed by atoms with E-state index in [4.69, 9.17) is 22.4 Å². The maximum atomic E-state index is 11.8. The molecule has 0 bridgehead atoms. The van der Waals surface area contributed by atoms with Gasteiger partial charge < -0.3 is 16.2 Å². The Hall–Kier alpha value is -1.59. The summed E-state index contributed by atoms with van der Waals surface area (Å²) in [7, 11) is 0. The summed E-state index contributed by atoms with van der Waals surface area (Å²) in [5, 5.41) is 11.8. The van der Waals surface area contributed by atoms with Gasteiger partial charge in [0.2, 0.25) is 5.91 Å². The highest BCUT2D eigenvalue weighted by Gasteiger charge is 2.19. The monoisotopic (exact) mass is 270 g/mol. The number of nitrogens with two attached hydrogens (primary N) is 1. The average molecular weight is 271 g/mol. The molecule has 4 N–H and O–H groups in total. The van der Waals surface area contributed by atoms with Crippen LogP contribution in [0.25, 0.3) is 0 Å². The van der Waals surface area contributed by atoms with E-state index in [2.05, 4.69) is 5.32 Å². The van der Waals surface area contributed by atoms with Crippen molar-refractivity contribution in [3.8, 4) is 0 Å². The largest absolute Gasteiger partial charge is 0.478 e. The molecule has 0 saturated heterocycles. The maximum absolute atomic E-state index is 11.8. The van der Waals surface area contributed by atoms with Crippen LogP contribution < -0.4 is 11.1 Å². The van der Waals surface area contributed by atoms with E-state index in [1.54, 1.807) is 0 Å². The Morgan fingerprint density at radius 2 is 2.00 bits per heavy atom. The third-order valence-electron chi connectivity index (χ3n) is 2.49. The average Bonchev–Trinajstić information content (AvgIpc) is 2.29. The Balaban J connectivity index is 2.98. The predicted molar refractivity (Wildman–Crippen MR) is 69.9 cm³/mol. The van der Waals surface area contributed by atoms with Crippen LogP contribution >= 0.6 is 11.6 Å². The minimum Gasteiger partial charge on any atom is -0.478 e. The van der Waals surface area contributed by atoms with Crippen molar-refractivity contribution in [2.75, 3.05) is 5.32 Å². The summed E-state index contributed by atoms with van der Waals surface area (Å²) in [4.78, 5) is 22.8. The van der Waals surface area contributed by atoms with Gasteiger partial charge in [-0.05, 0) is 24.1 Å². The lowest BCUT2D eigenvalue weighted by Gasteiger charge is -2.16. The number of carbonyl (C=O) groups excluding carboxylic acids is 1. The molecular weight excluding hydrogens is 256 g/mol. The molecular formula is C12H15ClN2O3. The number of hydrogen-bond donors (Lipinski definition) is 3. The fourth-order valence-electron chi connectivity index (χ4n) is 1.32. The number of hydrogen-bond acceptors (Lipinski definition) is 3. The first-order valence-electron chi connectivity index (χ1n) is 5.42. The molecule has 0 fully saturated rings. The zero-order valence-electron chi connectivity index (χ0n) is 10.1. The fourth-order valence-corrected chi connectivity index (χ4v) is 1.49. The first kappa shape index (κ1) is 14.5. The molecule has 0 aliphatic heterocycles. The highest BCUT2D eigenvalue weighted by Crippen LogP contribution is 2.21. The van der Waals surface area contributed by atoms with Gasteiger partial charge in [-0.3, -0.25) is 4.79 Å². The van der Waals surface area contributed by atoms with Crippen LogP contribution in [0.5, 0.6) is 0 Å². The second-order valence-corrected chi connectivity index (χ2v) is 4.69. The minimum absolute atomic E-state index is 0.0365. The number of nitrogens with one attached hydrogen (secondary N) is 1. The second-order valence-electron chi connectivity index (χ2n) is 4.25. The molecule has 0 spiro atoms. The number of carbonyl (C=O) groups is 2. The van der Waals surface area contributed by atoms with Crippen molar-refractivity contribution >= 4 is 29.2 Å². The Morgan fingerprint density at radius 3 is 2.50 bits per heavy atom. The molecule has 98 valence electrons. The van der Waals surface area contributed by atoms with Gasteiger partial charge in [-0.25, -0.2) is 4.79 Å². The van der Waals surface area contributed by atoms with Gasteiger partial charge >= 0.3 is 5.97 Å². The maximum Gasteiger partial charge on any atom is 0.337 e. The SMILES string of the molecule is CC(C)[C@@H](N)C(=O)Nc1ccc(Cl)cc1C(=O)O. The summed E-state index contributed by atoms with van der Waals surface area (Å²) in [6.07, 6.45) is 0. The van der Waals surface area contributed by atoms with Crippen LogP contribution in [0.1, 0.15) is 24.2 Å². The molecule has 0 aliphatic carbocycles. The minimum atomic E-state index is -1.16. The van der Waals surface area contributed by atoms with E-state index < -0.39 is 17.9 Å². The molecule has 0 aromatic heterocycles. The molecule has 1 aromatic rings. The summed E-state index contributed by atoms with van der Waals surface area (Å²) in [5.41, 5.74) is 5.80. The van der Waals surface area contributed by atoms with Crippen LogP contribution in [0.3, 0.4) is 0 Å². The standard InChI is InChI=1S/C12H15ClN2O3/c1-6(2)10(14)11(16)15-9-4-3-7(13)5-8(9)12(17)18/h3-6,10H,14H2,1-2H3,(H,15,16)(H,17,18)/t10-/m1/s1. The summed E-state index contributed by atoms with van der Waals surface area (Å²) in [5.74, 6) is -1.62. The smallest absolute Gasteiger partial charge is 0.337 e. The molecule has 5 nitrogen and oxygen atoms in total. The van der Waals surface area contributed by atoms with Crippen molar-refractivity contribution < 1.29 is 14.7 Å². The summed E-state index contributed by atoms with van der Waals surface area (Å²) in [6.45, 7) is 3.62. The molecule has 1 rings (SSSR count). The number of carboxylic acids is 1. The number of carboxylic acid groups (broad SMARTS) is 1. The van der Waals surface area contributed by atoms with Gasteiger partial charge in [0, 0.05) is 5.02 Å². The van der Waals surface area contributed by atoms with E-state index in [1.165, 1.54) is 18.2 Å².